The normalized spacial score (nSPS) is 10.2. The second-order valence-corrected chi connectivity index (χ2v) is 2.49. The number of hydrogen-bond acceptors (Lipinski definition) is 3. The van der Waals surface area contributed by atoms with E-state index >= 15 is 0 Å². The zero-order chi connectivity index (χ0) is 9.26. The Balaban J connectivity index is 2.59. The highest BCUT2D eigenvalue weighted by Gasteiger charge is 2.06. The van der Waals surface area contributed by atoms with Gasteiger partial charge in [0, 0.05) is 0 Å². The third-order valence-electron chi connectivity index (χ3n) is 1.66. The van der Waals surface area contributed by atoms with Gasteiger partial charge in [-0.2, -0.15) is 10.2 Å². The number of rotatable bonds is 1. The Morgan fingerprint density at radius 1 is 1.23 bits per heavy atom. The first-order valence-electron chi connectivity index (χ1n) is 3.70. The van der Waals surface area contributed by atoms with Gasteiger partial charge in [0.25, 0.3) is 0 Å². The van der Waals surface area contributed by atoms with Crippen LogP contribution < -0.4 is 5.73 Å². The quantitative estimate of drug-likeness (QED) is 0.662. The molecule has 5 heteroatoms. The van der Waals surface area contributed by atoms with Gasteiger partial charge in [0.1, 0.15) is 11.5 Å². The molecule has 0 unspecified atom stereocenters. The molecule has 1 aromatic carbocycles. The zero-order valence-electron chi connectivity index (χ0n) is 6.68. The number of aromatic nitrogens is 3. The SMILES string of the molecule is Nc1c(F)cccc1-n1nccn1. The Morgan fingerprint density at radius 2 is 1.92 bits per heavy atom. The van der Waals surface area contributed by atoms with Crippen molar-refractivity contribution in [2.75, 3.05) is 5.73 Å². The molecule has 2 N–H and O–H groups in total. The van der Waals surface area contributed by atoms with Crippen LogP contribution in [0.5, 0.6) is 0 Å². The lowest BCUT2D eigenvalue weighted by Crippen LogP contribution is -2.04. The van der Waals surface area contributed by atoms with Crippen molar-refractivity contribution in [3.05, 3.63) is 36.4 Å². The van der Waals surface area contributed by atoms with Crippen LogP contribution in [-0.2, 0) is 0 Å². The number of benzene rings is 1. The van der Waals surface area contributed by atoms with Crippen molar-refractivity contribution in [3.8, 4) is 5.69 Å². The van der Waals surface area contributed by atoms with Crippen LogP contribution in [-0.4, -0.2) is 15.0 Å². The Hall–Kier alpha value is -1.91. The monoisotopic (exact) mass is 178 g/mol. The highest BCUT2D eigenvalue weighted by Crippen LogP contribution is 2.17. The molecule has 0 bridgehead atoms. The number of halogens is 1. The van der Waals surface area contributed by atoms with E-state index in [9.17, 15) is 4.39 Å². The van der Waals surface area contributed by atoms with Crippen LogP contribution in [0.25, 0.3) is 5.69 Å². The summed E-state index contributed by atoms with van der Waals surface area (Å²) in [6.07, 6.45) is 3.01. The Bertz CT molecular complexity index is 410. The van der Waals surface area contributed by atoms with E-state index < -0.39 is 5.82 Å². The van der Waals surface area contributed by atoms with Gasteiger partial charge in [-0.1, -0.05) is 6.07 Å². The minimum absolute atomic E-state index is 0.0544. The lowest BCUT2D eigenvalue weighted by atomic mass is 10.2. The average Bonchev–Trinajstić information content (AvgIpc) is 2.62. The molecule has 0 spiro atoms. The second kappa shape index (κ2) is 2.85. The van der Waals surface area contributed by atoms with Gasteiger partial charge < -0.3 is 5.73 Å². The van der Waals surface area contributed by atoms with Gasteiger partial charge in [0.15, 0.2) is 0 Å². The fourth-order valence-corrected chi connectivity index (χ4v) is 1.04. The predicted octanol–water partition coefficient (Wildman–Crippen LogP) is 0.989. The maximum absolute atomic E-state index is 13.0. The van der Waals surface area contributed by atoms with Crippen LogP contribution in [0.15, 0.2) is 30.6 Å². The van der Waals surface area contributed by atoms with Crippen molar-refractivity contribution >= 4 is 5.69 Å². The highest BCUT2D eigenvalue weighted by molar-refractivity contribution is 5.57. The van der Waals surface area contributed by atoms with Crippen molar-refractivity contribution in [3.63, 3.8) is 0 Å². The largest absolute Gasteiger partial charge is 0.395 e. The number of hydrogen-bond donors (Lipinski definition) is 1. The first kappa shape index (κ1) is 7.72. The number of nitrogens with zero attached hydrogens (tertiary/aromatic N) is 3. The molecule has 0 radical (unpaired) electrons. The minimum atomic E-state index is -0.463. The third-order valence-corrected chi connectivity index (χ3v) is 1.66. The molecule has 1 aromatic heterocycles. The second-order valence-electron chi connectivity index (χ2n) is 2.49. The molecule has 0 atom stereocenters. The average molecular weight is 178 g/mol. The minimum Gasteiger partial charge on any atom is -0.395 e. The molecule has 2 aromatic rings. The van der Waals surface area contributed by atoms with Gasteiger partial charge in [-0.3, -0.25) is 0 Å². The van der Waals surface area contributed by atoms with Gasteiger partial charge in [-0.25, -0.2) is 4.39 Å². The number of para-hydroxylation sites is 1. The number of nitrogens with two attached hydrogens (primary N) is 1. The maximum Gasteiger partial charge on any atom is 0.148 e. The van der Waals surface area contributed by atoms with Gasteiger partial charge in [0.05, 0.1) is 18.1 Å². The lowest BCUT2D eigenvalue weighted by molar-refractivity contribution is 0.628. The van der Waals surface area contributed by atoms with Crippen molar-refractivity contribution in [2.45, 2.75) is 0 Å². The molecular weight excluding hydrogens is 171 g/mol. The lowest BCUT2D eigenvalue weighted by Gasteiger charge is -2.03. The van der Waals surface area contributed by atoms with Gasteiger partial charge in [-0.05, 0) is 12.1 Å². The summed E-state index contributed by atoms with van der Waals surface area (Å²) in [5.74, 6) is -0.463. The molecule has 13 heavy (non-hydrogen) atoms. The summed E-state index contributed by atoms with van der Waals surface area (Å²) in [4.78, 5) is 1.28. The van der Waals surface area contributed by atoms with E-state index in [0.29, 0.717) is 5.69 Å². The molecule has 0 fully saturated rings. The Labute approximate surface area is 73.8 Å². The van der Waals surface area contributed by atoms with E-state index in [1.165, 1.54) is 23.3 Å². The zero-order valence-corrected chi connectivity index (χ0v) is 6.68. The molecule has 0 saturated heterocycles. The fourth-order valence-electron chi connectivity index (χ4n) is 1.04. The van der Waals surface area contributed by atoms with Crippen molar-refractivity contribution < 1.29 is 4.39 Å². The number of anilines is 1. The Morgan fingerprint density at radius 3 is 2.62 bits per heavy atom. The van der Waals surface area contributed by atoms with E-state index in [0.717, 1.165) is 0 Å². The molecule has 2 rings (SSSR count). The van der Waals surface area contributed by atoms with E-state index in [2.05, 4.69) is 10.2 Å². The smallest absolute Gasteiger partial charge is 0.148 e. The summed E-state index contributed by atoms with van der Waals surface area (Å²) in [6, 6.07) is 4.51. The predicted molar refractivity (Wildman–Crippen MR) is 45.7 cm³/mol. The molecule has 66 valence electrons. The summed E-state index contributed by atoms with van der Waals surface area (Å²) >= 11 is 0. The van der Waals surface area contributed by atoms with Gasteiger partial charge in [0.2, 0.25) is 0 Å². The van der Waals surface area contributed by atoms with E-state index in [1.807, 2.05) is 0 Å². The van der Waals surface area contributed by atoms with Crippen LogP contribution >= 0.6 is 0 Å². The van der Waals surface area contributed by atoms with Crippen LogP contribution in [0.3, 0.4) is 0 Å². The fraction of sp³-hybridized carbons (Fsp3) is 0. The van der Waals surface area contributed by atoms with Crippen LogP contribution in [0.1, 0.15) is 0 Å². The van der Waals surface area contributed by atoms with Crippen LogP contribution in [0, 0.1) is 5.82 Å². The standard InChI is InChI=1S/C8H7FN4/c9-6-2-1-3-7(8(6)10)13-11-4-5-12-13/h1-5H,10H2. The topological polar surface area (TPSA) is 56.7 Å². The van der Waals surface area contributed by atoms with E-state index in [4.69, 9.17) is 5.73 Å². The number of nitrogen functional groups attached to an aromatic ring is 1. The van der Waals surface area contributed by atoms with Gasteiger partial charge in [-0.15, -0.1) is 4.80 Å². The maximum atomic E-state index is 13.0. The molecule has 1 heterocycles. The summed E-state index contributed by atoms with van der Waals surface area (Å²) in [6.45, 7) is 0. The molecule has 0 aliphatic rings. The molecule has 0 amide bonds. The van der Waals surface area contributed by atoms with E-state index in [-0.39, 0.29) is 5.69 Å². The summed E-state index contributed by atoms with van der Waals surface area (Å²) < 4.78 is 13.0. The molecule has 0 aliphatic carbocycles. The molecule has 0 aliphatic heterocycles. The van der Waals surface area contributed by atoms with Crippen molar-refractivity contribution in [2.24, 2.45) is 0 Å². The molecule has 0 saturated carbocycles. The molecular formula is C8H7FN4. The molecule has 4 nitrogen and oxygen atoms in total. The van der Waals surface area contributed by atoms with Crippen LogP contribution in [0.2, 0.25) is 0 Å². The highest BCUT2D eigenvalue weighted by atomic mass is 19.1. The van der Waals surface area contributed by atoms with Gasteiger partial charge >= 0.3 is 0 Å². The first-order valence-corrected chi connectivity index (χ1v) is 3.70. The summed E-state index contributed by atoms with van der Waals surface area (Å²) in [7, 11) is 0. The van der Waals surface area contributed by atoms with Crippen molar-refractivity contribution in [1.82, 2.24) is 15.0 Å². The summed E-state index contributed by atoms with van der Waals surface area (Å²) in [5, 5.41) is 7.69. The Kier molecular flexibility index (Phi) is 1.70. The van der Waals surface area contributed by atoms with E-state index in [1.54, 1.807) is 12.1 Å². The van der Waals surface area contributed by atoms with Crippen LogP contribution in [0.4, 0.5) is 10.1 Å². The summed E-state index contributed by atoms with van der Waals surface area (Å²) in [5.41, 5.74) is 6.00. The first-order chi connectivity index (χ1) is 6.29. The third kappa shape index (κ3) is 1.24. The van der Waals surface area contributed by atoms with Crippen molar-refractivity contribution in [1.29, 1.82) is 0 Å².